The molecule has 18 heavy (non-hydrogen) atoms. The fraction of sp³-hybridized carbons (Fsp3) is 0.364. The molecule has 0 aromatic carbocycles. The molecule has 0 aliphatic carbocycles. The van der Waals surface area contributed by atoms with Gasteiger partial charge < -0.3 is 20.3 Å². The van der Waals surface area contributed by atoms with Gasteiger partial charge in [0.2, 0.25) is 5.91 Å². The van der Waals surface area contributed by atoms with Crippen molar-refractivity contribution in [1.29, 1.82) is 0 Å². The molecule has 0 fully saturated rings. The number of hydrogen-bond acceptors (Lipinski definition) is 3. The van der Waals surface area contributed by atoms with Crippen LogP contribution in [0.25, 0.3) is 0 Å². The summed E-state index contributed by atoms with van der Waals surface area (Å²) in [4.78, 5) is 33.4. The van der Waals surface area contributed by atoms with Crippen LogP contribution in [0.2, 0.25) is 0 Å². The zero-order valence-electron chi connectivity index (χ0n) is 9.97. The molecule has 0 spiro atoms. The first kappa shape index (κ1) is 13.8. The van der Waals surface area contributed by atoms with Crippen molar-refractivity contribution >= 4 is 17.8 Å². The molecule has 0 saturated heterocycles. The quantitative estimate of drug-likeness (QED) is 0.632. The lowest BCUT2D eigenvalue weighted by molar-refractivity contribution is -0.137. The number of nitrogens with one attached hydrogen (secondary N) is 2. The van der Waals surface area contributed by atoms with Crippen LogP contribution in [-0.4, -0.2) is 40.5 Å². The minimum Gasteiger partial charge on any atom is -0.480 e. The van der Waals surface area contributed by atoms with Crippen molar-refractivity contribution in [3.63, 3.8) is 0 Å². The van der Waals surface area contributed by atoms with Crippen molar-refractivity contribution in [2.24, 2.45) is 0 Å². The minimum absolute atomic E-state index is 0.134. The Kier molecular flexibility index (Phi) is 4.91. The Bertz CT molecular complexity index is 453. The molecule has 7 nitrogen and oxygen atoms in total. The van der Waals surface area contributed by atoms with E-state index in [0.717, 1.165) is 0 Å². The molecule has 2 amide bonds. The van der Waals surface area contributed by atoms with Crippen LogP contribution >= 0.6 is 0 Å². The van der Waals surface area contributed by atoms with Crippen molar-refractivity contribution in [2.75, 3.05) is 13.1 Å². The maximum atomic E-state index is 11.7. The van der Waals surface area contributed by atoms with Crippen molar-refractivity contribution in [1.82, 2.24) is 15.2 Å². The molecule has 98 valence electrons. The van der Waals surface area contributed by atoms with E-state index in [-0.39, 0.29) is 24.7 Å². The van der Waals surface area contributed by atoms with Gasteiger partial charge in [-0.2, -0.15) is 0 Å². The van der Waals surface area contributed by atoms with Crippen LogP contribution in [0.4, 0.5) is 0 Å². The SMILES string of the molecule is CCNC(=O)CNC(=O)c1cccn1CC(=O)O. The zero-order chi connectivity index (χ0) is 13.5. The largest absolute Gasteiger partial charge is 0.480 e. The molecule has 0 aliphatic rings. The first-order valence-electron chi connectivity index (χ1n) is 5.46. The zero-order valence-corrected chi connectivity index (χ0v) is 9.97. The van der Waals surface area contributed by atoms with Crippen LogP contribution in [-0.2, 0) is 16.1 Å². The van der Waals surface area contributed by atoms with E-state index in [0.29, 0.717) is 6.54 Å². The highest BCUT2D eigenvalue weighted by Crippen LogP contribution is 2.02. The molecule has 7 heteroatoms. The molecular formula is C11H15N3O4. The number of amides is 2. The smallest absolute Gasteiger partial charge is 0.323 e. The normalized spacial score (nSPS) is 9.83. The van der Waals surface area contributed by atoms with Gasteiger partial charge in [-0.3, -0.25) is 14.4 Å². The lowest BCUT2D eigenvalue weighted by Gasteiger charge is -2.07. The number of carbonyl (C=O) groups is 3. The Hall–Kier alpha value is -2.31. The Morgan fingerprint density at radius 3 is 2.67 bits per heavy atom. The maximum absolute atomic E-state index is 11.7. The Labute approximate surface area is 104 Å². The summed E-state index contributed by atoms with van der Waals surface area (Å²) in [6.45, 7) is 1.84. The van der Waals surface area contributed by atoms with E-state index in [9.17, 15) is 14.4 Å². The van der Waals surface area contributed by atoms with E-state index in [1.807, 2.05) is 0 Å². The molecule has 1 heterocycles. The predicted octanol–water partition coefficient (Wildman–Crippen LogP) is -0.561. The summed E-state index contributed by atoms with van der Waals surface area (Å²) in [7, 11) is 0. The van der Waals surface area contributed by atoms with Gasteiger partial charge in [0.05, 0.1) is 6.54 Å². The van der Waals surface area contributed by atoms with E-state index in [1.165, 1.54) is 16.8 Å². The molecule has 0 atom stereocenters. The topological polar surface area (TPSA) is 100 Å². The molecule has 1 aromatic rings. The van der Waals surface area contributed by atoms with E-state index in [1.54, 1.807) is 13.0 Å². The predicted molar refractivity (Wildman–Crippen MR) is 63.1 cm³/mol. The lowest BCUT2D eigenvalue weighted by atomic mass is 10.4. The Balaban J connectivity index is 2.59. The second-order valence-electron chi connectivity index (χ2n) is 3.55. The molecule has 1 aromatic heterocycles. The molecule has 1 rings (SSSR count). The number of nitrogens with zero attached hydrogens (tertiary/aromatic N) is 1. The Morgan fingerprint density at radius 1 is 1.33 bits per heavy atom. The molecule has 0 radical (unpaired) electrons. The number of carboxylic acid groups (broad SMARTS) is 1. The number of aromatic nitrogens is 1. The molecule has 0 bridgehead atoms. The van der Waals surface area contributed by atoms with E-state index < -0.39 is 11.9 Å². The highest BCUT2D eigenvalue weighted by Gasteiger charge is 2.13. The number of rotatable bonds is 6. The van der Waals surface area contributed by atoms with Gasteiger partial charge in [0, 0.05) is 12.7 Å². The number of aliphatic carboxylic acids is 1. The van der Waals surface area contributed by atoms with E-state index in [4.69, 9.17) is 5.11 Å². The van der Waals surface area contributed by atoms with Gasteiger partial charge in [-0.25, -0.2) is 0 Å². The second kappa shape index (κ2) is 6.43. The van der Waals surface area contributed by atoms with Crippen molar-refractivity contribution in [3.05, 3.63) is 24.0 Å². The fourth-order valence-corrected chi connectivity index (χ4v) is 1.41. The van der Waals surface area contributed by atoms with Crippen molar-refractivity contribution in [3.8, 4) is 0 Å². The molecule has 3 N–H and O–H groups in total. The maximum Gasteiger partial charge on any atom is 0.323 e. The third-order valence-electron chi connectivity index (χ3n) is 2.15. The van der Waals surface area contributed by atoms with Gasteiger partial charge in [0.15, 0.2) is 0 Å². The molecule has 0 unspecified atom stereocenters. The number of likely N-dealkylation sites (N-methyl/N-ethyl adjacent to an activating group) is 1. The number of hydrogen-bond donors (Lipinski definition) is 3. The van der Waals surface area contributed by atoms with Crippen LogP contribution in [0.15, 0.2) is 18.3 Å². The summed E-state index contributed by atoms with van der Waals surface area (Å²) in [5.74, 6) is -1.81. The first-order chi connectivity index (χ1) is 8.54. The fourth-order valence-electron chi connectivity index (χ4n) is 1.41. The number of carboxylic acids is 1. The first-order valence-corrected chi connectivity index (χ1v) is 5.46. The summed E-state index contributed by atoms with van der Waals surface area (Å²) in [6, 6.07) is 3.07. The monoisotopic (exact) mass is 253 g/mol. The van der Waals surface area contributed by atoms with Crippen molar-refractivity contribution in [2.45, 2.75) is 13.5 Å². The standard InChI is InChI=1S/C11H15N3O4/c1-2-12-9(15)6-13-11(18)8-4-3-5-14(8)7-10(16)17/h3-5H,2,6-7H2,1H3,(H,12,15)(H,13,18)(H,16,17). The highest BCUT2D eigenvalue weighted by atomic mass is 16.4. The van der Waals surface area contributed by atoms with Crippen LogP contribution in [0.5, 0.6) is 0 Å². The summed E-state index contributed by atoms with van der Waals surface area (Å²) >= 11 is 0. The average Bonchev–Trinajstić information content (AvgIpc) is 2.73. The van der Waals surface area contributed by atoms with Crippen molar-refractivity contribution < 1.29 is 19.5 Å². The van der Waals surface area contributed by atoms with Crippen LogP contribution in [0.3, 0.4) is 0 Å². The molecule has 0 aliphatic heterocycles. The minimum atomic E-state index is -1.04. The summed E-state index contributed by atoms with van der Waals surface area (Å²) in [5, 5.41) is 13.6. The summed E-state index contributed by atoms with van der Waals surface area (Å²) in [6.07, 6.45) is 1.50. The summed E-state index contributed by atoms with van der Waals surface area (Å²) < 4.78 is 1.30. The van der Waals surface area contributed by atoms with E-state index >= 15 is 0 Å². The lowest BCUT2D eigenvalue weighted by Crippen LogP contribution is -2.37. The van der Waals surface area contributed by atoms with Gasteiger partial charge in [-0.15, -0.1) is 0 Å². The van der Waals surface area contributed by atoms with Gasteiger partial charge in [-0.1, -0.05) is 0 Å². The third-order valence-corrected chi connectivity index (χ3v) is 2.15. The van der Waals surface area contributed by atoms with Gasteiger partial charge >= 0.3 is 5.97 Å². The van der Waals surface area contributed by atoms with E-state index in [2.05, 4.69) is 10.6 Å². The Morgan fingerprint density at radius 2 is 2.06 bits per heavy atom. The highest BCUT2D eigenvalue weighted by molar-refractivity contribution is 5.95. The molecular weight excluding hydrogens is 238 g/mol. The van der Waals surface area contributed by atoms with Gasteiger partial charge in [-0.05, 0) is 19.1 Å². The second-order valence-corrected chi connectivity index (χ2v) is 3.55. The number of carbonyl (C=O) groups excluding carboxylic acids is 2. The van der Waals surface area contributed by atoms with Gasteiger partial charge in [0.1, 0.15) is 12.2 Å². The third kappa shape index (κ3) is 3.93. The van der Waals surface area contributed by atoms with Crippen LogP contribution < -0.4 is 10.6 Å². The van der Waals surface area contributed by atoms with Gasteiger partial charge in [0.25, 0.3) is 5.91 Å². The molecule has 0 saturated carbocycles. The average molecular weight is 253 g/mol. The summed E-state index contributed by atoms with van der Waals surface area (Å²) in [5.41, 5.74) is 0.210. The van der Waals surface area contributed by atoms with Crippen LogP contribution in [0, 0.1) is 0 Å². The van der Waals surface area contributed by atoms with Crippen LogP contribution in [0.1, 0.15) is 17.4 Å².